The molecule has 1 fully saturated rings. The molecule has 3 N–H and O–H groups in total. The van der Waals surface area contributed by atoms with Crippen molar-refractivity contribution in [3.05, 3.63) is 41.9 Å². The SMILES string of the molecule is CNC(=O)Nc1cc(Oc2cncc(C)c2)c([C@H]2C[C@@H]2C(C)(C)O)cn1. The van der Waals surface area contributed by atoms with Gasteiger partial charge in [0.15, 0.2) is 0 Å². The Morgan fingerprint density at radius 2 is 2.08 bits per heavy atom. The molecule has 0 spiro atoms. The van der Waals surface area contributed by atoms with Crippen molar-refractivity contribution in [2.24, 2.45) is 5.92 Å². The molecule has 0 aliphatic heterocycles. The molecule has 2 aromatic heterocycles. The highest BCUT2D eigenvalue weighted by Gasteiger charge is 2.48. The normalized spacial score (nSPS) is 19.0. The second-order valence-electron chi connectivity index (χ2n) is 7.21. The average molecular weight is 356 g/mol. The number of carbonyl (C=O) groups excluding carboxylic acids is 1. The first-order valence-electron chi connectivity index (χ1n) is 8.58. The number of nitrogens with one attached hydrogen (secondary N) is 2. The first-order chi connectivity index (χ1) is 12.3. The molecule has 7 heteroatoms. The van der Waals surface area contributed by atoms with Gasteiger partial charge in [0.05, 0.1) is 11.8 Å². The van der Waals surface area contributed by atoms with Gasteiger partial charge in [0.25, 0.3) is 0 Å². The Labute approximate surface area is 152 Å². The highest BCUT2D eigenvalue weighted by atomic mass is 16.5. The summed E-state index contributed by atoms with van der Waals surface area (Å²) in [6.07, 6.45) is 5.98. The molecule has 2 atom stereocenters. The number of rotatable bonds is 5. The van der Waals surface area contributed by atoms with E-state index in [4.69, 9.17) is 4.74 Å². The molecule has 1 aliphatic rings. The van der Waals surface area contributed by atoms with Crippen molar-refractivity contribution < 1.29 is 14.6 Å². The van der Waals surface area contributed by atoms with E-state index in [0.717, 1.165) is 17.5 Å². The van der Waals surface area contributed by atoms with Crippen LogP contribution in [0.4, 0.5) is 10.6 Å². The summed E-state index contributed by atoms with van der Waals surface area (Å²) in [6, 6.07) is 3.24. The number of amides is 2. The zero-order valence-electron chi connectivity index (χ0n) is 15.4. The molecule has 1 saturated carbocycles. The quantitative estimate of drug-likeness (QED) is 0.764. The van der Waals surface area contributed by atoms with Crippen molar-refractivity contribution in [3.63, 3.8) is 0 Å². The molecule has 138 valence electrons. The minimum atomic E-state index is -0.758. The van der Waals surface area contributed by atoms with Crippen molar-refractivity contribution in [3.8, 4) is 11.5 Å². The van der Waals surface area contributed by atoms with Crippen LogP contribution in [0.5, 0.6) is 11.5 Å². The molecule has 2 aromatic rings. The van der Waals surface area contributed by atoms with Crippen LogP contribution in [-0.2, 0) is 0 Å². The minimum Gasteiger partial charge on any atom is -0.455 e. The van der Waals surface area contributed by atoms with E-state index in [0.29, 0.717) is 17.3 Å². The highest BCUT2D eigenvalue weighted by molar-refractivity contribution is 5.88. The third-order valence-electron chi connectivity index (χ3n) is 4.54. The van der Waals surface area contributed by atoms with Crippen LogP contribution in [-0.4, -0.2) is 33.8 Å². The number of nitrogens with zero attached hydrogens (tertiary/aromatic N) is 2. The number of carbonyl (C=O) groups is 1. The van der Waals surface area contributed by atoms with Crippen molar-refractivity contribution in [2.75, 3.05) is 12.4 Å². The number of aromatic nitrogens is 2. The first-order valence-corrected chi connectivity index (χ1v) is 8.58. The van der Waals surface area contributed by atoms with Crippen LogP contribution >= 0.6 is 0 Å². The lowest BCUT2D eigenvalue weighted by Crippen LogP contribution is -2.25. The van der Waals surface area contributed by atoms with Crippen molar-refractivity contribution in [1.29, 1.82) is 0 Å². The summed E-state index contributed by atoms with van der Waals surface area (Å²) in [5.41, 5.74) is 1.15. The summed E-state index contributed by atoms with van der Waals surface area (Å²) < 4.78 is 6.05. The van der Waals surface area contributed by atoms with Gasteiger partial charge in [0.1, 0.15) is 17.3 Å². The second kappa shape index (κ2) is 6.92. The molecule has 2 amide bonds. The third-order valence-corrected chi connectivity index (χ3v) is 4.54. The summed E-state index contributed by atoms with van der Waals surface area (Å²) in [7, 11) is 1.54. The second-order valence-corrected chi connectivity index (χ2v) is 7.21. The van der Waals surface area contributed by atoms with E-state index in [1.807, 2.05) is 26.8 Å². The highest BCUT2D eigenvalue weighted by Crippen LogP contribution is 2.55. The van der Waals surface area contributed by atoms with Gasteiger partial charge >= 0.3 is 6.03 Å². The lowest BCUT2D eigenvalue weighted by atomic mass is 9.99. The Kier molecular flexibility index (Phi) is 4.82. The Morgan fingerprint density at radius 3 is 2.69 bits per heavy atom. The molecular formula is C19H24N4O3. The molecule has 0 aromatic carbocycles. The molecular weight excluding hydrogens is 332 g/mol. The predicted octanol–water partition coefficient (Wildman–Crippen LogP) is 3.20. The number of aryl methyl sites for hydroxylation is 1. The monoisotopic (exact) mass is 356 g/mol. The summed E-state index contributed by atoms with van der Waals surface area (Å²) in [5, 5.41) is 15.4. The molecule has 0 saturated heterocycles. The van der Waals surface area contributed by atoms with Gasteiger partial charge in [0.2, 0.25) is 0 Å². The van der Waals surface area contributed by atoms with Crippen LogP contribution < -0.4 is 15.4 Å². The van der Waals surface area contributed by atoms with Crippen molar-refractivity contribution >= 4 is 11.8 Å². The van der Waals surface area contributed by atoms with E-state index in [1.54, 1.807) is 24.7 Å². The summed E-state index contributed by atoms with van der Waals surface area (Å²) >= 11 is 0. The number of anilines is 1. The number of ether oxygens (including phenoxy) is 1. The average Bonchev–Trinajstić information content (AvgIpc) is 3.36. The van der Waals surface area contributed by atoms with Gasteiger partial charge in [-0.1, -0.05) is 0 Å². The number of hydrogen-bond donors (Lipinski definition) is 3. The van der Waals surface area contributed by atoms with E-state index in [-0.39, 0.29) is 17.9 Å². The number of urea groups is 1. The molecule has 0 bridgehead atoms. The Hall–Kier alpha value is -2.67. The maximum absolute atomic E-state index is 11.6. The Morgan fingerprint density at radius 1 is 1.31 bits per heavy atom. The van der Waals surface area contributed by atoms with E-state index in [9.17, 15) is 9.90 Å². The Balaban J connectivity index is 1.92. The summed E-state index contributed by atoms with van der Waals surface area (Å²) in [5.74, 6) is 1.94. The van der Waals surface area contributed by atoms with Crippen molar-refractivity contribution in [2.45, 2.75) is 38.7 Å². The van der Waals surface area contributed by atoms with Crippen molar-refractivity contribution in [1.82, 2.24) is 15.3 Å². The van der Waals surface area contributed by atoms with Crippen LogP contribution in [0.15, 0.2) is 30.7 Å². The lowest BCUT2D eigenvalue weighted by molar-refractivity contribution is 0.0545. The van der Waals surface area contributed by atoms with Crippen LogP contribution in [0.3, 0.4) is 0 Å². The zero-order valence-corrected chi connectivity index (χ0v) is 15.4. The molecule has 0 radical (unpaired) electrons. The number of aliphatic hydroxyl groups is 1. The molecule has 1 aliphatic carbocycles. The van der Waals surface area contributed by atoms with E-state index in [1.165, 1.54) is 7.05 Å². The van der Waals surface area contributed by atoms with Crippen LogP contribution in [0.2, 0.25) is 0 Å². The van der Waals surface area contributed by atoms with Crippen LogP contribution in [0.25, 0.3) is 0 Å². The zero-order chi connectivity index (χ0) is 18.9. The number of hydrogen-bond acceptors (Lipinski definition) is 5. The van der Waals surface area contributed by atoms with Crippen LogP contribution in [0.1, 0.15) is 37.3 Å². The van der Waals surface area contributed by atoms with Gasteiger partial charge in [0, 0.05) is 31.1 Å². The fraction of sp³-hybridized carbons (Fsp3) is 0.421. The molecule has 7 nitrogen and oxygen atoms in total. The predicted molar refractivity (Wildman–Crippen MR) is 98.5 cm³/mol. The van der Waals surface area contributed by atoms with Gasteiger partial charge < -0.3 is 15.2 Å². The maximum Gasteiger partial charge on any atom is 0.320 e. The van der Waals surface area contributed by atoms with Gasteiger partial charge in [-0.2, -0.15) is 0 Å². The Bertz CT molecular complexity index is 817. The topological polar surface area (TPSA) is 96.4 Å². The van der Waals surface area contributed by atoms with E-state index in [2.05, 4.69) is 20.6 Å². The van der Waals surface area contributed by atoms with Gasteiger partial charge in [-0.3, -0.25) is 10.3 Å². The van der Waals surface area contributed by atoms with Gasteiger partial charge in [-0.15, -0.1) is 0 Å². The van der Waals surface area contributed by atoms with E-state index < -0.39 is 5.60 Å². The molecule has 0 unspecified atom stereocenters. The van der Waals surface area contributed by atoms with Crippen LogP contribution in [0, 0.1) is 12.8 Å². The number of pyridine rings is 2. The van der Waals surface area contributed by atoms with Gasteiger partial charge in [-0.05, 0) is 50.7 Å². The largest absolute Gasteiger partial charge is 0.455 e. The fourth-order valence-electron chi connectivity index (χ4n) is 3.09. The maximum atomic E-state index is 11.6. The smallest absolute Gasteiger partial charge is 0.320 e. The molecule has 3 rings (SSSR count). The third kappa shape index (κ3) is 4.11. The standard InChI is InChI=1S/C19H24N4O3/c1-11-5-12(9-21-8-11)26-16-7-17(23-18(24)20-4)22-10-14(16)13-6-15(13)19(2,3)25/h5,7-10,13,15,25H,6H2,1-4H3,(H2,20,22,23,24)/t13-,15+/m1/s1. The lowest BCUT2D eigenvalue weighted by Gasteiger charge is -2.18. The fourth-order valence-corrected chi connectivity index (χ4v) is 3.09. The molecule has 2 heterocycles. The summed E-state index contributed by atoms with van der Waals surface area (Å²) in [6.45, 7) is 5.58. The first kappa shape index (κ1) is 18.1. The molecule has 26 heavy (non-hydrogen) atoms. The minimum absolute atomic E-state index is 0.153. The van der Waals surface area contributed by atoms with E-state index >= 15 is 0 Å². The summed E-state index contributed by atoms with van der Waals surface area (Å²) in [4.78, 5) is 20.0. The van der Waals surface area contributed by atoms with Gasteiger partial charge in [-0.25, -0.2) is 9.78 Å².